The van der Waals surface area contributed by atoms with Crippen molar-refractivity contribution >= 4 is 15.9 Å². The third-order valence-electron chi connectivity index (χ3n) is 3.90. The van der Waals surface area contributed by atoms with E-state index in [4.69, 9.17) is 0 Å². The largest absolute Gasteiger partial charge is 0.393 e. The highest BCUT2D eigenvalue weighted by molar-refractivity contribution is 9.10. The maximum absolute atomic E-state index is 10.2. The Balaban J connectivity index is 1.58. The summed E-state index contributed by atoms with van der Waals surface area (Å²) in [5.74, 6) is 0.543. The van der Waals surface area contributed by atoms with Gasteiger partial charge in [-0.3, -0.25) is 0 Å². The Kier molecular flexibility index (Phi) is 3.72. The fraction of sp³-hybridized carbons (Fsp3) is 0.294. The SMILES string of the molecule is OC(Cc1ccc(Br)cc1)CC1Cc2ccccc21. The van der Waals surface area contributed by atoms with E-state index in [1.165, 1.54) is 16.7 Å². The van der Waals surface area contributed by atoms with Crippen LogP contribution in [-0.2, 0) is 12.8 Å². The summed E-state index contributed by atoms with van der Waals surface area (Å²) in [5.41, 5.74) is 4.07. The first kappa shape index (κ1) is 12.9. The number of aliphatic hydroxyl groups excluding tert-OH is 1. The van der Waals surface area contributed by atoms with Gasteiger partial charge in [0.1, 0.15) is 0 Å². The average Bonchev–Trinajstić information content (AvgIpc) is 2.39. The van der Waals surface area contributed by atoms with E-state index in [1.807, 2.05) is 12.1 Å². The quantitative estimate of drug-likeness (QED) is 0.901. The first-order valence-corrected chi connectivity index (χ1v) is 7.52. The zero-order chi connectivity index (χ0) is 13.2. The van der Waals surface area contributed by atoms with E-state index in [1.54, 1.807) is 0 Å². The van der Waals surface area contributed by atoms with Crippen LogP contribution in [0.15, 0.2) is 53.0 Å². The Morgan fingerprint density at radius 1 is 1.11 bits per heavy atom. The molecule has 98 valence electrons. The number of rotatable bonds is 4. The van der Waals surface area contributed by atoms with E-state index < -0.39 is 0 Å². The molecule has 0 radical (unpaired) electrons. The van der Waals surface area contributed by atoms with Crippen LogP contribution < -0.4 is 0 Å². The molecule has 1 aliphatic rings. The lowest BCUT2D eigenvalue weighted by atomic mass is 9.74. The second-order valence-electron chi connectivity index (χ2n) is 5.32. The molecule has 0 saturated carbocycles. The predicted molar refractivity (Wildman–Crippen MR) is 81.4 cm³/mol. The molecule has 0 amide bonds. The molecule has 1 N–H and O–H groups in total. The smallest absolute Gasteiger partial charge is 0.0586 e. The van der Waals surface area contributed by atoms with Gasteiger partial charge in [-0.15, -0.1) is 0 Å². The zero-order valence-corrected chi connectivity index (χ0v) is 12.3. The number of benzene rings is 2. The lowest BCUT2D eigenvalue weighted by Crippen LogP contribution is -2.23. The molecule has 0 heterocycles. The summed E-state index contributed by atoms with van der Waals surface area (Å²) < 4.78 is 1.08. The lowest BCUT2D eigenvalue weighted by molar-refractivity contribution is 0.151. The van der Waals surface area contributed by atoms with E-state index in [0.29, 0.717) is 5.92 Å². The molecule has 2 atom stereocenters. The summed E-state index contributed by atoms with van der Waals surface area (Å²) in [6, 6.07) is 16.8. The van der Waals surface area contributed by atoms with Gasteiger partial charge in [-0.05, 0) is 54.0 Å². The first-order chi connectivity index (χ1) is 9.22. The van der Waals surface area contributed by atoms with Crippen molar-refractivity contribution in [1.82, 2.24) is 0 Å². The summed E-state index contributed by atoms with van der Waals surface area (Å²) >= 11 is 3.43. The number of halogens is 1. The summed E-state index contributed by atoms with van der Waals surface area (Å²) in [7, 11) is 0. The second-order valence-corrected chi connectivity index (χ2v) is 6.24. The normalized spacial score (nSPS) is 18.5. The molecular formula is C17H17BrO. The molecule has 1 aliphatic carbocycles. The fourth-order valence-corrected chi connectivity index (χ4v) is 3.14. The maximum Gasteiger partial charge on any atom is 0.0586 e. The van der Waals surface area contributed by atoms with Gasteiger partial charge in [-0.25, -0.2) is 0 Å². The monoisotopic (exact) mass is 316 g/mol. The summed E-state index contributed by atoms with van der Waals surface area (Å²) in [5, 5.41) is 10.2. The molecule has 2 heteroatoms. The molecule has 0 fully saturated rings. The van der Waals surface area contributed by atoms with E-state index >= 15 is 0 Å². The van der Waals surface area contributed by atoms with Crippen molar-refractivity contribution in [3.63, 3.8) is 0 Å². The highest BCUT2D eigenvalue weighted by Gasteiger charge is 2.27. The van der Waals surface area contributed by atoms with Crippen molar-refractivity contribution in [2.24, 2.45) is 0 Å². The average molecular weight is 317 g/mol. The summed E-state index contributed by atoms with van der Waals surface area (Å²) in [6.07, 6.45) is 2.48. The van der Waals surface area contributed by atoms with Gasteiger partial charge in [0.15, 0.2) is 0 Å². The molecule has 1 nitrogen and oxygen atoms in total. The van der Waals surface area contributed by atoms with Crippen molar-refractivity contribution < 1.29 is 5.11 Å². The highest BCUT2D eigenvalue weighted by atomic mass is 79.9. The van der Waals surface area contributed by atoms with Crippen molar-refractivity contribution in [2.75, 3.05) is 0 Å². The van der Waals surface area contributed by atoms with Crippen molar-refractivity contribution in [2.45, 2.75) is 31.3 Å². The third-order valence-corrected chi connectivity index (χ3v) is 4.43. The molecule has 0 bridgehead atoms. The van der Waals surface area contributed by atoms with Crippen LogP contribution in [0.5, 0.6) is 0 Å². The first-order valence-electron chi connectivity index (χ1n) is 6.72. The van der Waals surface area contributed by atoms with Gasteiger partial charge in [-0.2, -0.15) is 0 Å². The minimum atomic E-state index is -0.250. The Labute approximate surface area is 122 Å². The molecule has 0 saturated heterocycles. The molecule has 3 rings (SSSR count). The molecule has 2 aromatic carbocycles. The molecular weight excluding hydrogens is 300 g/mol. The molecule has 2 aromatic rings. The number of hydrogen-bond acceptors (Lipinski definition) is 1. The van der Waals surface area contributed by atoms with E-state index in [-0.39, 0.29) is 6.10 Å². The van der Waals surface area contributed by atoms with E-state index in [9.17, 15) is 5.11 Å². The minimum absolute atomic E-state index is 0.250. The van der Waals surface area contributed by atoms with Crippen LogP contribution in [0, 0.1) is 0 Å². The predicted octanol–water partition coefficient (Wildman–Crippen LogP) is 4.08. The van der Waals surface area contributed by atoms with Crippen LogP contribution in [0.4, 0.5) is 0 Å². The third kappa shape index (κ3) is 2.90. The number of hydrogen-bond donors (Lipinski definition) is 1. The van der Waals surface area contributed by atoms with Crippen LogP contribution in [0.1, 0.15) is 29.0 Å². The van der Waals surface area contributed by atoms with E-state index in [0.717, 1.165) is 23.7 Å². The molecule has 0 aromatic heterocycles. The summed E-state index contributed by atoms with van der Waals surface area (Å²) in [4.78, 5) is 0. The highest BCUT2D eigenvalue weighted by Crippen LogP contribution is 2.38. The van der Waals surface area contributed by atoms with Gasteiger partial charge in [0.2, 0.25) is 0 Å². The Morgan fingerprint density at radius 2 is 1.84 bits per heavy atom. The van der Waals surface area contributed by atoms with Crippen LogP contribution in [0.25, 0.3) is 0 Å². The van der Waals surface area contributed by atoms with Gasteiger partial charge in [0, 0.05) is 4.47 Å². The molecule has 2 unspecified atom stereocenters. The summed E-state index contributed by atoms with van der Waals surface area (Å²) in [6.45, 7) is 0. The van der Waals surface area contributed by atoms with Gasteiger partial charge < -0.3 is 5.11 Å². The van der Waals surface area contributed by atoms with Gasteiger partial charge >= 0.3 is 0 Å². The van der Waals surface area contributed by atoms with Crippen LogP contribution in [0.3, 0.4) is 0 Å². The zero-order valence-electron chi connectivity index (χ0n) is 10.7. The van der Waals surface area contributed by atoms with Crippen LogP contribution in [-0.4, -0.2) is 11.2 Å². The lowest BCUT2D eigenvalue weighted by Gasteiger charge is -2.31. The van der Waals surface area contributed by atoms with Gasteiger partial charge in [0.05, 0.1) is 6.10 Å². The molecule has 0 aliphatic heterocycles. The second kappa shape index (κ2) is 5.48. The van der Waals surface area contributed by atoms with E-state index in [2.05, 4.69) is 52.3 Å². The van der Waals surface area contributed by atoms with Crippen molar-refractivity contribution in [3.05, 3.63) is 69.7 Å². The topological polar surface area (TPSA) is 20.2 Å². The van der Waals surface area contributed by atoms with Crippen molar-refractivity contribution in [1.29, 1.82) is 0 Å². The fourth-order valence-electron chi connectivity index (χ4n) is 2.88. The molecule has 0 spiro atoms. The van der Waals surface area contributed by atoms with Gasteiger partial charge in [-0.1, -0.05) is 52.3 Å². The molecule has 19 heavy (non-hydrogen) atoms. The van der Waals surface area contributed by atoms with Crippen molar-refractivity contribution in [3.8, 4) is 0 Å². The Bertz CT molecular complexity index is 562. The standard InChI is InChI=1S/C17H17BrO/c18-15-7-5-12(6-8-15)9-16(19)11-14-10-13-3-1-2-4-17(13)14/h1-8,14,16,19H,9-11H2. The number of fused-ring (bicyclic) bond motifs is 1. The minimum Gasteiger partial charge on any atom is -0.393 e. The maximum atomic E-state index is 10.2. The van der Waals surface area contributed by atoms with Gasteiger partial charge in [0.25, 0.3) is 0 Å². The number of aliphatic hydroxyl groups is 1. The Hall–Kier alpha value is -1.12. The van der Waals surface area contributed by atoms with Crippen LogP contribution in [0.2, 0.25) is 0 Å². The Morgan fingerprint density at radius 3 is 2.58 bits per heavy atom. The van der Waals surface area contributed by atoms with Crippen LogP contribution >= 0.6 is 15.9 Å².